The monoisotopic (exact) mass is 315 g/mol. The summed E-state index contributed by atoms with van der Waals surface area (Å²) in [5.74, 6) is 0.848. The summed E-state index contributed by atoms with van der Waals surface area (Å²) < 4.78 is 32.2. The minimum Gasteiger partial charge on any atom is -0.467 e. The molecule has 0 saturated heterocycles. The van der Waals surface area contributed by atoms with Gasteiger partial charge in [-0.15, -0.1) is 0 Å². The lowest BCUT2D eigenvalue weighted by molar-refractivity contribution is 0.508. The van der Waals surface area contributed by atoms with Gasteiger partial charge in [-0.05, 0) is 36.4 Å². The maximum atomic E-state index is 12.9. The van der Waals surface area contributed by atoms with E-state index in [1.165, 1.54) is 29.0 Å². The van der Waals surface area contributed by atoms with Crippen molar-refractivity contribution in [3.05, 3.63) is 73.1 Å². The predicted octanol–water partition coefficient (Wildman–Crippen LogP) is 2.47. The Hall–Kier alpha value is -2.67. The maximum Gasteiger partial charge on any atom is 0.267 e. The van der Waals surface area contributed by atoms with Gasteiger partial charge in [0.25, 0.3) is 10.0 Å². The normalized spacial score (nSPS) is 11.3. The zero-order valence-electron chi connectivity index (χ0n) is 11.5. The highest BCUT2D eigenvalue weighted by Gasteiger charge is 2.27. The summed E-state index contributed by atoms with van der Waals surface area (Å²) in [6.07, 6.45) is 5.88. The first-order chi connectivity index (χ1) is 10.7. The third kappa shape index (κ3) is 2.84. The molecule has 3 heterocycles. The Bertz CT molecular complexity index is 819. The highest BCUT2D eigenvalue weighted by Crippen LogP contribution is 2.23. The molecule has 0 atom stereocenters. The number of pyridine rings is 2. The van der Waals surface area contributed by atoms with Crippen LogP contribution in [-0.4, -0.2) is 18.4 Å². The van der Waals surface area contributed by atoms with Crippen molar-refractivity contribution in [1.82, 2.24) is 9.97 Å². The Kier molecular flexibility index (Phi) is 3.88. The number of furan rings is 1. The molecule has 0 aliphatic rings. The van der Waals surface area contributed by atoms with Gasteiger partial charge in [-0.1, -0.05) is 6.07 Å². The summed E-state index contributed by atoms with van der Waals surface area (Å²) in [7, 11) is -3.78. The molecule has 0 radical (unpaired) electrons. The molecule has 0 spiro atoms. The summed E-state index contributed by atoms with van der Waals surface area (Å²) in [6, 6.07) is 11.6. The quantitative estimate of drug-likeness (QED) is 0.723. The maximum absolute atomic E-state index is 12.9. The van der Waals surface area contributed by atoms with Crippen LogP contribution in [0.5, 0.6) is 0 Å². The van der Waals surface area contributed by atoms with Crippen molar-refractivity contribution >= 4 is 15.8 Å². The Labute approximate surface area is 128 Å². The second-order valence-electron chi connectivity index (χ2n) is 4.47. The largest absolute Gasteiger partial charge is 0.467 e. The van der Waals surface area contributed by atoms with E-state index in [9.17, 15) is 8.42 Å². The first kappa shape index (κ1) is 14.3. The van der Waals surface area contributed by atoms with Crippen LogP contribution in [-0.2, 0) is 16.6 Å². The third-order valence-electron chi connectivity index (χ3n) is 3.01. The van der Waals surface area contributed by atoms with Crippen molar-refractivity contribution in [2.75, 3.05) is 4.31 Å². The second kappa shape index (κ2) is 5.98. The van der Waals surface area contributed by atoms with E-state index in [0.29, 0.717) is 11.6 Å². The van der Waals surface area contributed by atoms with Crippen molar-refractivity contribution in [3.8, 4) is 0 Å². The van der Waals surface area contributed by atoms with Gasteiger partial charge in [0.05, 0.1) is 12.8 Å². The van der Waals surface area contributed by atoms with Crippen LogP contribution >= 0.6 is 0 Å². The van der Waals surface area contributed by atoms with Gasteiger partial charge >= 0.3 is 0 Å². The summed E-state index contributed by atoms with van der Waals surface area (Å²) >= 11 is 0. The minimum absolute atomic E-state index is 0.0568. The number of hydrogen-bond acceptors (Lipinski definition) is 5. The lowest BCUT2D eigenvalue weighted by Gasteiger charge is -2.22. The van der Waals surface area contributed by atoms with Gasteiger partial charge in [-0.2, -0.15) is 0 Å². The first-order valence-electron chi connectivity index (χ1n) is 6.54. The molecule has 3 aromatic heterocycles. The summed E-state index contributed by atoms with van der Waals surface area (Å²) in [5, 5.41) is 0. The fourth-order valence-electron chi connectivity index (χ4n) is 1.96. The number of anilines is 1. The van der Waals surface area contributed by atoms with Gasteiger partial charge in [0.15, 0.2) is 0 Å². The van der Waals surface area contributed by atoms with E-state index < -0.39 is 10.0 Å². The topological polar surface area (TPSA) is 76.3 Å². The van der Waals surface area contributed by atoms with Gasteiger partial charge in [0.1, 0.15) is 16.5 Å². The molecule has 112 valence electrons. The molecule has 0 aliphatic carbocycles. The SMILES string of the molecule is O=S(=O)(c1cccnc1)N(Cc1ccco1)c1ccccn1. The molecule has 0 aliphatic heterocycles. The molecule has 3 aromatic rings. The number of aromatic nitrogens is 2. The van der Waals surface area contributed by atoms with E-state index in [-0.39, 0.29) is 11.4 Å². The minimum atomic E-state index is -3.78. The van der Waals surface area contributed by atoms with E-state index in [1.54, 1.807) is 42.6 Å². The molecule has 0 amide bonds. The predicted molar refractivity (Wildman–Crippen MR) is 80.6 cm³/mol. The first-order valence-corrected chi connectivity index (χ1v) is 7.98. The standard InChI is InChI=1S/C15H13N3O3S/c19-22(20,14-6-3-8-16-11-14)18(12-13-5-4-10-21-13)15-7-1-2-9-17-15/h1-11H,12H2. The fourth-order valence-corrected chi connectivity index (χ4v) is 3.31. The molecule has 0 fully saturated rings. The Morgan fingerprint density at radius 3 is 2.59 bits per heavy atom. The van der Waals surface area contributed by atoms with E-state index >= 15 is 0 Å². The molecule has 22 heavy (non-hydrogen) atoms. The van der Waals surface area contributed by atoms with Crippen LogP contribution < -0.4 is 4.31 Å². The zero-order chi connectivity index (χ0) is 15.4. The van der Waals surface area contributed by atoms with Crippen LogP contribution in [0.15, 0.2) is 76.6 Å². The highest BCUT2D eigenvalue weighted by molar-refractivity contribution is 7.92. The summed E-state index contributed by atoms with van der Waals surface area (Å²) in [4.78, 5) is 8.11. The average molecular weight is 315 g/mol. The molecular formula is C15H13N3O3S. The molecule has 0 aromatic carbocycles. The van der Waals surface area contributed by atoms with Crippen molar-refractivity contribution < 1.29 is 12.8 Å². The van der Waals surface area contributed by atoms with Gasteiger partial charge in [-0.3, -0.25) is 4.98 Å². The van der Waals surface area contributed by atoms with Crippen molar-refractivity contribution in [2.24, 2.45) is 0 Å². The van der Waals surface area contributed by atoms with Crippen LogP contribution in [0.3, 0.4) is 0 Å². The van der Waals surface area contributed by atoms with Crippen LogP contribution in [0.25, 0.3) is 0 Å². The van der Waals surface area contributed by atoms with Crippen molar-refractivity contribution in [3.63, 3.8) is 0 Å². The number of sulfonamides is 1. The van der Waals surface area contributed by atoms with E-state index in [1.807, 2.05) is 0 Å². The average Bonchev–Trinajstić information content (AvgIpc) is 3.07. The molecule has 3 rings (SSSR count). The summed E-state index contributed by atoms with van der Waals surface area (Å²) in [6.45, 7) is 0.0568. The molecule has 7 heteroatoms. The Morgan fingerprint density at radius 1 is 1.05 bits per heavy atom. The van der Waals surface area contributed by atoms with Crippen LogP contribution in [0.4, 0.5) is 5.82 Å². The lowest BCUT2D eigenvalue weighted by atomic mass is 10.4. The molecule has 0 bridgehead atoms. The molecule has 0 unspecified atom stereocenters. The van der Waals surface area contributed by atoms with E-state index in [4.69, 9.17) is 4.42 Å². The second-order valence-corrected chi connectivity index (χ2v) is 6.33. The number of hydrogen-bond donors (Lipinski definition) is 0. The van der Waals surface area contributed by atoms with Crippen LogP contribution in [0, 0.1) is 0 Å². The zero-order valence-corrected chi connectivity index (χ0v) is 12.3. The summed E-state index contributed by atoms with van der Waals surface area (Å²) in [5.41, 5.74) is 0. The van der Waals surface area contributed by atoms with Gasteiger partial charge < -0.3 is 4.42 Å². The van der Waals surface area contributed by atoms with Gasteiger partial charge in [-0.25, -0.2) is 17.7 Å². The van der Waals surface area contributed by atoms with Crippen LogP contribution in [0.2, 0.25) is 0 Å². The van der Waals surface area contributed by atoms with Gasteiger partial charge in [0.2, 0.25) is 0 Å². The smallest absolute Gasteiger partial charge is 0.267 e. The lowest BCUT2D eigenvalue weighted by Crippen LogP contribution is -2.31. The van der Waals surface area contributed by atoms with E-state index in [0.717, 1.165) is 0 Å². The molecule has 0 saturated carbocycles. The van der Waals surface area contributed by atoms with Gasteiger partial charge in [0, 0.05) is 18.6 Å². The Balaban J connectivity index is 2.05. The molecular weight excluding hydrogens is 302 g/mol. The third-order valence-corrected chi connectivity index (χ3v) is 4.74. The Morgan fingerprint density at radius 2 is 1.95 bits per heavy atom. The van der Waals surface area contributed by atoms with Crippen molar-refractivity contribution in [1.29, 1.82) is 0 Å². The molecule has 0 N–H and O–H groups in total. The number of rotatable bonds is 5. The highest BCUT2D eigenvalue weighted by atomic mass is 32.2. The number of nitrogens with zero attached hydrogens (tertiary/aromatic N) is 3. The van der Waals surface area contributed by atoms with E-state index in [2.05, 4.69) is 9.97 Å². The fraction of sp³-hybridized carbons (Fsp3) is 0.0667. The van der Waals surface area contributed by atoms with Crippen LogP contribution in [0.1, 0.15) is 5.76 Å². The van der Waals surface area contributed by atoms with Crippen molar-refractivity contribution in [2.45, 2.75) is 11.4 Å². The molecule has 6 nitrogen and oxygen atoms in total.